The number of fused-ring (bicyclic) bond motifs is 1. The van der Waals surface area contributed by atoms with Crippen molar-refractivity contribution in [3.05, 3.63) is 64.9 Å². The van der Waals surface area contributed by atoms with E-state index in [-0.39, 0.29) is 24.7 Å². The van der Waals surface area contributed by atoms with E-state index < -0.39 is 5.76 Å². The number of oxazole rings is 1. The van der Waals surface area contributed by atoms with Crippen LogP contribution in [0, 0.1) is 5.82 Å². The Kier molecular flexibility index (Phi) is 3.74. The van der Waals surface area contributed by atoms with Gasteiger partial charge in [-0.1, -0.05) is 12.1 Å². The molecule has 0 radical (unpaired) electrons. The van der Waals surface area contributed by atoms with E-state index in [2.05, 4.69) is 5.32 Å². The van der Waals surface area contributed by atoms with Crippen molar-refractivity contribution in [3.8, 4) is 0 Å². The van der Waals surface area contributed by atoms with Crippen molar-refractivity contribution in [3.63, 3.8) is 0 Å². The molecule has 0 saturated carbocycles. The van der Waals surface area contributed by atoms with Gasteiger partial charge in [-0.25, -0.2) is 9.18 Å². The van der Waals surface area contributed by atoms with Crippen LogP contribution >= 0.6 is 0 Å². The van der Waals surface area contributed by atoms with Gasteiger partial charge in [-0.2, -0.15) is 0 Å². The third-order valence-corrected chi connectivity index (χ3v) is 3.26. The van der Waals surface area contributed by atoms with E-state index in [1.54, 1.807) is 24.3 Å². The molecule has 6 heteroatoms. The molecule has 3 aromatic rings. The monoisotopic (exact) mass is 300 g/mol. The van der Waals surface area contributed by atoms with Gasteiger partial charge in [-0.15, -0.1) is 0 Å². The molecular weight excluding hydrogens is 287 g/mol. The van der Waals surface area contributed by atoms with Crippen LogP contribution in [0.2, 0.25) is 0 Å². The van der Waals surface area contributed by atoms with Gasteiger partial charge in [0.15, 0.2) is 5.58 Å². The van der Waals surface area contributed by atoms with Crippen molar-refractivity contribution in [2.24, 2.45) is 0 Å². The second-order valence-corrected chi connectivity index (χ2v) is 4.79. The molecule has 0 bridgehead atoms. The quantitative estimate of drug-likeness (QED) is 0.805. The van der Waals surface area contributed by atoms with Crippen LogP contribution in [0.25, 0.3) is 11.1 Å². The number of aromatic nitrogens is 1. The Hall–Kier alpha value is -2.89. The highest BCUT2D eigenvalue weighted by atomic mass is 19.1. The first-order valence-corrected chi connectivity index (χ1v) is 6.77. The van der Waals surface area contributed by atoms with Crippen molar-refractivity contribution >= 4 is 22.7 Å². The first-order valence-electron chi connectivity index (χ1n) is 6.77. The number of anilines is 1. The number of aryl methyl sites for hydroxylation is 1. The number of nitrogens with one attached hydrogen (secondary N) is 1. The van der Waals surface area contributed by atoms with E-state index in [1.807, 2.05) is 0 Å². The minimum absolute atomic E-state index is 0.112. The lowest BCUT2D eigenvalue weighted by Crippen LogP contribution is -2.19. The average Bonchev–Trinajstić information content (AvgIpc) is 2.83. The van der Waals surface area contributed by atoms with Crippen molar-refractivity contribution in [1.29, 1.82) is 0 Å². The Morgan fingerprint density at radius 3 is 2.64 bits per heavy atom. The summed E-state index contributed by atoms with van der Waals surface area (Å²) in [6.45, 7) is 0.211. The minimum Gasteiger partial charge on any atom is -0.408 e. The van der Waals surface area contributed by atoms with Crippen LogP contribution in [-0.4, -0.2) is 10.5 Å². The van der Waals surface area contributed by atoms with Crippen LogP contribution in [0.15, 0.2) is 57.7 Å². The Balaban J connectivity index is 1.68. The number of nitrogens with zero attached hydrogens (tertiary/aromatic N) is 1. The maximum atomic E-state index is 12.8. The third-order valence-electron chi connectivity index (χ3n) is 3.26. The summed E-state index contributed by atoms with van der Waals surface area (Å²) in [7, 11) is 0. The predicted molar refractivity (Wildman–Crippen MR) is 80.1 cm³/mol. The van der Waals surface area contributed by atoms with E-state index in [9.17, 15) is 14.0 Å². The average molecular weight is 300 g/mol. The largest absolute Gasteiger partial charge is 0.419 e. The Morgan fingerprint density at radius 1 is 1.14 bits per heavy atom. The maximum Gasteiger partial charge on any atom is 0.419 e. The minimum atomic E-state index is -0.490. The van der Waals surface area contributed by atoms with Crippen molar-refractivity contribution in [1.82, 2.24) is 4.57 Å². The van der Waals surface area contributed by atoms with Crippen molar-refractivity contribution in [2.45, 2.75) is 13.0 Å². The summed E-state index contributed by atoms with van der Waals surface area (Å²) in [5.41, 5.74) is 1.66. The van der Waals surface area contributed by atoms with Gasteiger partial charge in [0.25, 0.3) is 0 Å². The zero-order valence-corrected chi connectivity index (χ0v) is 11.6. The predicted octanol–water partition coefficient (Wildman–Crippen LogP) is 2.76. The first-order chi connectivity index (χ1) is 10.6. The molecule has 112 valence electrons. The lowest BCUT2D eigenvalue weighted by atomic mass is 10.3. The lowest BCUT2D eigenvalue weighted by Gasteiger charge is -2.05. The first kappa shape index (κ1) is 14.1. The summed E-state index contributed by atoms with van der Waals surface area (Å²) < 4.78 is 19.3. The number of carbonyl (C=O) groups excluding carboxylic acids is 1. The molecule has 5 nitrogen and oxygen atoms in total. The number of rotatable bonds is 4. The molecule has 1 heterocycles. The number of hydrogen-bond acceptors (Lipinski definition) is 3. The number of hydrogen-bond donors (Lipinski definition) is 1. The molecule has 0 fully saturated rings. The van der Waals surface area contributed by atoms with Gasteiger partial charge in [-0.3, -0.25) is 9.36 Å². The van der Waals surface area contributed by atoms with Crippen LogP contribution in [0.3, 0.4) is 0 Å². The van der Waals surface area contributed by atoms with Crippen molar-refractivity contribution in [2.75, 3.05) is 5.32 Å². The van der Waals surface area contributed by atoms with Crippen LogP contribution in [0.5, 0.6) is 0 Å². The van der Waals surface area contributed by atoms with E-state index >= 15 is 0 Å². The molecule has 2 aromatic carbocycles. The van der Waals surface area contributed by atoms with Crippen LogP contribution in [0.4, 0.5) is 10.1 Å². The van der Waals surface area contributed by atoms with Gasteiger partial charge in [0, 0.05) is 18.7 Å². The number of para-hydroxylation sites is 2. The normalized spacial score (nSPS) is 10.8. The molecule has 0 aliphatic rings. The summed E-state index contributed by atoms with van der Waals surface area (Å²) in [4.78, 5) is 23.7. The van der Waals surface area contributed by atoms with E-state index in [1.165, 1.54) is 28.8 Å². The number of amides is 1. The van der Waals surface area contributed by atoms with Gasteiger partial charge in [0.05, 0.1) is 5.52 Å². The molecular formula is C16H13FN2O3. The highest BCUT2D eigenvalue weighted by molar-refractivity contribution is 5.90. The maximum absolute atomic E-state index is 12.8. The Bertz CT molecular complexity index is 865. The molecule has 1 N–H and O–H groups in total. The molecule has 3 rings (SSSR count). The lowest BCUT2D eigenvalue weighted by molar-refractivity contribution is -0.116. The zero-order chi connectivity index (χ0) is 15.5. The summed E-state index contributed by atoms with van der Waals surface area (Å²) in [6, 6.07) is 12.5. The Morgan fingerprint density at radius 2 is 1.86 bits per heavy atom. The summed E-state index contributed by atoms with van der Waals surface area (Å²) in [5, 5.41) is 2.65. The van der Waals surface area contributed by atoms with Gasteiger partial charge in [-0.05, 0) is 36.4 Å². The van der Waals surface area contributed by atoms with Gasteiger partial charge in [0.2, 0.25) is 5.91 Å². The number of carbonyl (C=O) groups is 1. The standard InChI is InChI=1S/C16H13FN2O3/c17-11-5-7-12(8-6-11)18-15(20)9-10-19-13-3-1-2-4-14(13)22-16(19)21/h1-8H,9-10H2,(H,18,20). The second kappa shape index (κ2) is 5.85. The summed E-state index contributed by atoms with van der Waals surface area (Å²) in [5.74, 6) is -1.12. The smallest absolute Gasteiger partial charge is 0.408 e. The fourth-order valence-corrected chi connectivity index (χ4v) is 2.20. The Labute approximate surface area is 125 Å². The van der Waals surface area contributed by atoms with Gasteiger partial charge >= 0.3 is 5.76 Å². The SMILES string of the molecule is O=C(CCn1c(=O)oc2ccccc21)Nc1ccc(F)cc1. The fourth-order valence-electron chi connectivity index (χ4n) is 2.20. The highest BCUT2D eigenvalue weighted by Crippen LogP contribution is 2.13. The zero-order valence-electron chi connectivity index (χ0n) is 11.6. The highest BCUT2D eigenvalue weighted by Gasteiger charge is 2.10. The third kappa shape index (κ3) is 2.90. The molecule has 0 spiro atoms. The van der Waals surface area contributed by atoms with Gasteiger partial charge < -0.3 is 9.73 Å². The van der Waals surface area contributed by atoms with E-state index in [0.29, 0.717) is 16.8 Å². The van der Waals surface area contributed by atoms with Crippen LogP contribution in [0.1, 0.15) is 6.42 Å². The number of halogens is 1. The number of benzene rings is 2. The van der Waals surface area contributed by atoms with E-state index in [0.717, 1.165) is 0 Å². The molecule has 22 heavy (non-hydrogen) atoms. The van der Waals surface area contributed by atoms with E-state index in [4.69, 9.17) is 4.42 Å². The van der Waals surface area contributed by atoms with Crippen LogP contribution < -0.4 is 11.1 Å². The summed E-state index contributed by atoms with van der Waals surface area (Å²) >= 11 is 0. The molecule has 1 aromatic heterocycles. The molecule has 0 aliphatic carbocycles. The topological polar surface area (TPSA) is 64.2 Å². The fraction of sp³-hybridized carbons (Fsp3) is 0.125. The summed E-state index contributed by atoms with van der Waals surface area (Å²) in [6.07, 6.45) is 0.112. The second-order valence-electron chi connectivity index (χ2n) is 4.79. The molecule has 0 unspecified atom stereocenters. The molecule has 1 amide bonds. The molecule has 0 atom stereocenters. The van der Waals surface area contributed by atoms with Gasteiger partial charge in [0.1, 0.15) is 5.82 Å². The van der Waals surface area contributed by atoms with Crippen LogP contribution in [-0.2, 0) is 11.3 Å². The molecule has 0 aliphatic heterocycles. The molecule has 0 saturated heterocycles. The van der Waals surface area contributed by atoms with Crippen molar-refractivity contribution < 1.29 is 13.6 Å².